The molecule has 4 atom stereocenters. The van der Waals surface area contributed by atoms with Gasteiger partial charge in [-0.05, 0) is 43.6 Å². The van der Waals surface area contributed by atoms with Crippen LogP contribution in [0.3, 0.4) is 0 Å². The smallest absolute Gasteiger partial charge is 0.408 e. The number of benzene rings is 1. The molecule has 1 saturated carbocycles. The van der Waals surface area contributed by atoms with Gasteiger partial charge in [0, 0.05) is 13.0 Å². The van der Waals surface area contributed by atoms with Crippen LogP contribution in [0.25, 0.3) is 0 Å². The minimum atomic E-state index is -1.58. The van der Waals surface area contributed by atoms with Crippen LogP contribution in [0, 0.1) is 5.92 Å². The van der Waals surface area contributed by atoms with Crippen LogP contribution >= 0.6 is 0 Å². The first-order valence-corrected chi connectivity index (χ1v) is 17.0. The molecule has 2 rings (SSSR count). The third-order valence-corrected chi connectivity index (χ3v) is 8.29. The summed E-state index contributed by atoms with van der Waals surface area (Å²) >= 11 is 0. The third-order valence-electron chi connectivity index (χ3n) is 8.29. The van der Waals surface area contributed by atoms with Gasteiger partial charge in [-0.25, -0.2) is 4.79 Å². The van der Waals surface area contributed by atoms with Gasteiger partial charge in [0.1, 0.15) is 30.8 Å². The van der Waals surface area contributed by atoms with Crippen LogP contribution in [0.5, 0.6) is 0 Å². The van der Waals surface area contributed by atoms with Crippen molar-refractivity contribution in [3.05, 3.63) is 35.9 Å². The van der Waals surface area contributed by atoms with E-state index in [-0.39, 0.29) is 37.9 Å². The van der Waals surface area contributed by atoms with Gasteiger partial charge in [-0.3, -0.25) is 33.8 Å². The predicted octanol–water partition coefficient (Wildman–Crippen LogP) is -0.625. The van der Waals surface area contributed by atoms with E-state index in [1.54, 1.807) is 30.3 Å². The number of aliphatic imine (C=N–C) groups is 1. The van der Waals surface area contributed by atoms with Crippen LogP contribution in [-0.2, 0) is 40.1 Å². The van der Waals surface area contributed by atoms with Crippen LogP contribution in [-0.4, -0.2) is 83.4 Å². The van der Waals surface area contributed by atoms with Crippen molar-refractivity contribution in [3.63, 3.8) is 0 Å². The van der Waals surface area contributed by atoms with E-state index in [4.69, 9.17) is 27.7 Å². The molecule has 0 unspecified atom stereocenters. The molecule has 0 aliphatic heterocycles. The number of alkyl carbamates (subject to hydrolysis) is 1. The van der Waals surface area contributed by atoms with Gasteiger partial charge < -0.3 is 54.0 Å². The van der Waals surface area contributed by atoms with Gasteiger partial charge in [-0.1, -0.05) is 62.4 Å². The van der Waals surface area contributed by atoms with Crippen molar-refractivity contribution in [1.82, 2.24) is 21.3 Å². The number of carbonyl (C=O) groups excluding carboxylic acids is 6. The van der Waals surface area contributed by atoms with E-state index in [0.29, 0.717) is 18.4 Å². The van der Waals surface area contributed by atoms with Crippen molar-refractivity contribution < 1.29 is 43.4 Å². The second-order valence-electron chi connectivity index (χ2n) is 12.5. The highest BCUT2D eigenvalue weighted by Crippen LogP contribution is 2.27. The largest absolute Gasteiger partial charge is 0.481 e. The van der Waals surface area contributed by atoms with E-state index in [9.17, 15) is 38.7 Å². The van der Waals surface area contributed by atoms with Gasteiger partial charge in [0.15, 0.2) is 5.96 Å². The summed E-state index contributed by atoms with van der Waals surface area (Å²) in [4.78, 5) is 92.4. The van der Waals surface area contributed by atoms with Gasteiger partial charge in [0.2, 0.25) is 29.5 Å². The topological polar surface area (TPSA) is 314 Å². The molecule has 18 heteroatoms. The molecule has 6 amide bonds. The molecule has 0 bridgehead atoms. The highest BCUT2D eigenvalue weighted by atomic mass is 16.5. The standard InChI is InChI=1S/C33H51N9O9/c34-26(43)18-25(31(49)40-24(28(35)46)17-20-9-3-1-4-10-20)41-30(48)23(14-15-27(44)45)39-29(47)22(13-7-8-16-38-32(36)37)42-33(50)51-19-21-11-5-2-6-12-21/h2,5-6,11-12,20,22-25H,1,3-4,7-10,13-19H2,(H2,34,43)(H2,35,46)(H,39,47)(H,40,49)(H,41,48)(H,42,50)(H,44,45)(H4,36,37,38)/t22-,23-,24-,25-/m0/s1. The Hall–Kier alpha value is -5.42. The molecule has 0 heterocycles. The van der Waals surface area contributed by atoms with Gasteiger partial charge in [0.05, 0.1) is 6.42 Å². The fraction of sp³-hybridized carbons (Fsp3) is 0.576. The molecule has 13 N–H and O–H groups in total. The number of aliphatic carboxylic acids is 1. The van der Waals surface area contributed by atoms with E-state index < -0.39 is 85.0 Å². The molecule has 0 radical (unpaired) electrons. The summed E-state index contributed by atoms with van der Waals surface area (Å²) < 4.78 is 5.25. The van der Waals surface area contributed by atoms with Crippen LogP contribution in [0.2, 0.25) is 0 Å². The molecule has 1 aliphatic rings. The molecule has 51 heavy (non-hydrogen) atoms. The summed E-state index contributed by atoms with van der Waals surface area (Å²) in [7, 11) is 0. The maximum Gasteiger partial charge on any atom is 0.408 e. The van der Waals surface area contributed by atoms with Crippen LogP contribution in [0.15, 0.2) is 35.3 Å². The van der Waals surface area contributed by atoms with E-state index >= 15 is 0 Å². The number of amides is 6. The summed E-state index contributed by atoms with van der Waals surface area (Å²) in [6.45, 7) is 0.162. The SMILES string of the molecule is NC(=O)C[C@H](NC(=O)[C@H](CCC(=O)O)NC(=O)[C@H](CCCCN=C(N)N)NC(=O)OCc1ccccc1)C(=O)N[C@@H](CC1CCCCC1)C(N)=O. The highest BCUT2D eigenvalue weighted by molar-refractivity contribution is 5.97. The van der Waals surface area contributed by atoms with Crippen LogP contribution < -0.4 is 44.2 Å². The summed E-state index contributed by atoms with van der Waals surface area (Å²) in [6.07, 6.45) is 3.32. The van der Waals surface area contributed by atoms with Crippen molar-refractivity contribution in [1.29, 1.82) is 0 Å². The van der Waals surface area contributed by atoms with Crippen molar-refractivity contribution >= 4 is 47.6 Å². The maximum atomic E-state index is 13.5. The number of nitrogens with two attached hydrogens (primary N) is 4. The Morgan fingerprint density at radius 2 is 1.35 bits per heavy atom. The van der Waals surface area contributed by atoms with Crippen molar-refractivity contribution in [2.75, 3.05) is 6.54 Å². The first-order valence-electron chi connectivity index (χ1n) is 17.0. The number of hydrogen-bond donors (Lipinski definition) is 9. The Morgan fingerprint density at radius 1 is 0.765 bits per heavy atom. The average molecular weight is 718 g/mol. The number of ether oxygens (including phenoxy) is 1. The molecule has 18 nitrogen and oxygen atoms in total. The summed E-state index contributed by atoms with van der Waals surface area (Å²) in [5.41, 5.74) is 22.3. The molecule has 0 saturated heterocycles. The lowest BCUT2D eigenvalue weighted by atomic mass is 9.84. The lowest BCUT2D eigenvalue weighted by Crippen LogP contribution is -2.58. The number of carboxylic acids is 1. The number of nitrogens with zero attached hydrogens (tertiary/aromatic N) is 1. The molecule has 0 aromatic heterocycles. The first-order chi connectivity index (χ1) is 24.2. The second-order valence-corrected chi connectivity index (χ2v) is 12.5. The maximum absolute atomic E-state index is 13.5. The molecule has 1 aliphatic carbocycles. The van der Waals surface area contributed by atoms with E-state index in [1.807, 2.05) is 0 Å². The van der Waals surface area contributed by atoms with Crippen molar-refractivity contribution in [2.45, 2.75) is 108 Å². The van der Waals surface area contributed by atoms with Crippen LogP contribution in [0.4, 0.5) is 4.79 Å². The Bertz CT molecular complexity index is 1370. The van der Waals surface area contributed by atoms with Gasteiger partial charge in [-0.15, -0.1) is 0 Å². The third kappa shape index (κ3) is 17.2. The second kappa shape index (κ2) is 22.3. The van der Waals surface area contributed by atoms with Crippen molar-refractivity contribution in [2.24, 2.45) is 33.8 Å². The zero-order valence-electron chi connectivity index (χ0n) is 28.6. The number of carboxylic acid groups (broad SMARTS) is 1. The molecule has 1 aromatic carbocycles. The number of unbranched alkanes of at least 4 members (excludes halogenated alkanes) is 1. The molecular formula is C33H51N9O9. The van der Waals surface area contributed by atoms with Gasteiger partial charge in [0.25, 0.3) is 0 Å². The molecule has 1 fully saturated rings. The predicted molar refractivity (Wildman–Crippen MR) is 185 cm³/mol. The normalized spacial score (nSPS) is 15.1. The molecule has 0 spiro atoms. The fourth-order valence-electron chi connectivity index (χ4n) is 5.61. The lowest BCUT2D eigenvalue weighted by Gasteiger charge is -2.28. The number of guanidine groups is 1. The highest BCUT2D eigenvalue weighted by Gasteiger charge is 2.33. The number of carbonyl (C=O) groups is 7. The molecule has 1 aromatic rings. The Labute approximate surface area is 296 Å². The number of primary amides is 2. The van der Waals surface area contributed by atoms with Crippen LogP contribution in [0.1, 0.15) is 82.6 Å². The van der Waals surface area contributed by atoms with Crippen molar-refractivity contribution in [3.8, 4) is 0 Å². The lowest BCUT2D eigenvalue weighted by molar-refractivity contribution is -0.138. The van der Waals surface area contributed by atoms with Gasteiger partial charge in [-0.2, -0.15) is 0 Å². The van der Waals surface area contributed by atoms with E-state index in [2.05, 4.69) is 26.3 Å². The Morgan fingerprint density at radius 3 is 1.94 bits per heavy atom. The average Bonchev–Trinajstić information content (AvgIpc) is 3.08. The first kappa shape index (κ1) is 41.7. The molecular weight excluding hydrogens is 666 g/mol. The number of rotatable bonds is 22. The fourth-order valence-corrected chi connectivity index (χ4v) is 5.61. The Balaban J connectivity index is 2.20. The molecule has 282 valence electrons. The van der Waals surface area contributed by atoms with E-state index in [0.717, 1.165) is 32.1 Å². The zero-order chi connectivity index (χ0) is 37.8. The summed E-state index contributed by atoms with van der Waals surface area (Å²) in [6, 6.07) is 3.37. The minimum Gasteiger partial charge on any atom is -0.481 e. The Kier molecular flexibility index (Phi) is 18.3. The summed E-state index contributed by atoms with van der Waals surface area (Å²) in [5.74, 6) is -5.75. The number of nitrogens with one attached hydrogen (secondary N) is 4. The monoisotopic (exact) mass is 717 g/mol. The van der Waals surface area contributed by atoms with Gasteiger partial charge >= 0.3 is 12.1 Å². The summed E-state index contributed by atoms with van der Waals surface area (Å²) in [5, 5.41) is 19.1. The zero-order valence-corrected chi connectivity index (χ0v) is 28.6. The van der Waals surface area contributed by atoms with E-state index in [1.165, 1.54) is 0 Å². The quantitative estimate of drug-likeness (QED) is 0.0413. The number of hydrogen-bond acceptors (Lipinski definition) is 9. The minimum absolute atomic E-state index is 0.0573.